The molecule has 1 aliphatic heterocycles. The minimum Gasteiger partial charge on any atom is -0.342 e. The molecule has 1 aromatic rings. The number of nitrogens with zero attached hydrogens (tertiary/aromatic N) is 1. The minimum absolute atomic E-state index is 0.175. The number of hydrogen-bond donors (Lipinski definition) is 0. The molecule has 0 saturated carbocycles. The molecule has 1 atom stereocenters. The molecular formula is C16H20FNO. The Kier molecular flexibility index (Phi) is 4.35. The Bertz CT molecular complexity index is 495. The molecule has 1 aromatic carbocycles. The third-order valence-corrected chi connectivity index (χ3v) is 3.78. The van der Waals surface area contributed by atoms with Gasteiger partial charge in [0.25, 0.3) is 0 Å². The van der Waals surface area contributed by atoms with E-state index in [1.165, 1.54) is 6.07 Å². The lowest BCUT2D eigenvalue weighted by Crippen LogP contribution is -2.28. The number of carbonyl (C=O) groups is 1. The summed E-state index contributed by atoms with van der Waals surface area (Å²) in [6, 6.07) is 6.71. The average Bonchev–Trinajstić information content (AvgIpc) is 2.88. The number of likely N-dealkylation sites (tertiary alicyclic amines) is 1. The minimum atomic E-state index is -0.202. The van der Waals surface area contributed by atoms with Crippen molar-refractivity contribution in [1.82, 2.24) is 4.90 Å². The van der Waals surface area contributed by atoms with Gasteiger partial charge in [0.1, 0.15) is 5.82 Å². The summed E-state index contributed by atoms with van der Waals surface area (Å²) in [5.74, 6) is 0.243. The number of hydrogen-bond acceptors (Lipinski definition) is 1. The maximum Gasteiger partial charge on any atom is 0.226 e. The molecule has 1 aliphatic rings. The zero-order valence-corrected chi connectivity index (χ0v) is 11.5. The van der Waals surface area contributed by atoms with E-state index in [0.717, 1.165) is 24.1 Å². The van der Waals surface area contributed by atoms with Gasteiger partial charge < -0.3 is 4.90 Å². The van der Waals surface area contributed by atoms with Crippen molar-refractivity contribution < 1.29 is 9.18 Å². The van der Waals surface area contributed by atoms with Crippen molar-refractivity contribution in [1.29, 1.82) is 0 Å². The van der Waals surface area contributed by atoms with Crippen LogP contribution in [-0.2, 0) is 4.79 Å². The van der Waals surface area contributed by atoms with Gasteiger partial charge >= 0.3 is 0 Å². The summed E-state index contributed by atoms with van der Waals surface area (Å²) in [5, 5.41) is 0. The first-order valence-corrected chi connectivity index (χ1v) is 6.75. The van der Waals surface area contributed by atoms with Crippen LogP contribution in [0.5, 0.6) is 0 Å². The highest BCUT2D eigenvalue weighted by Gasteiger charge is 2.27. The van der Waals surface area contributed by atoms with Crippen LogP contribution in [0.1, 0.15) is 38.2 Å². The summed E-state index contributed by atoms with van der Waals surface area (Å²) in [4.78, 5) is 14.0. The van der Waals surface area contributed by atoms with Crippen molar-refractivity contribution in [2.24, 2.45) is 0 Å². The zero-order chi connectivity index (χ0) is 13.8. The van der Waals surface area contributed by atoms with Crippen LogP contribution in [0.15, 0.2) is 35.9 Å². The van der Waals surface area contributed by atoms with E-state index in [1.54, 1.807) is 12.1 Å². The van der Waals surface area contributed by atoms with Gasteiger partial charge in [-0.05, 0) is 38.0 Å². The number of rotatable bonds is 3. The van der Waals surface area contributed by atoms with Gasteiger partial charge in [0, 0.05) is 25.4 Å². The van der Waals surface area contributed by atoms with Gasteiger partial charge in [-0.15, -0.1) is 0 Å². The van der Waals surface area contributed by atoms with E-state index in [0.29, 0.717) is 13.0 Å². The molecule has 0 aromatic heterocycles. The Labute approximate surface area is 113 Å². The van der Waals surface area contributed by atoms with Gasteiger partial charge in [-0.25, -0.2) is 4.39 Å². The lowest BCUT2D eigenvalue weighted by atomic mass is 9.98. The molecule has 1 heterocycles. The Balaban J connectivity index is 1.98. The molecule has 0 spiro atoms. The number of benzene rings is 1. The van der Waals surface area contributed by atoms with Crippen LogP contribution in [0.3, 0.4) is 0 Å². The van der Waals surface area contributed by atoms with Crippen molar-refractivity contribution in [3.63, 3.8) is 0 Å². The molecule has 0 bridgehead atoms. The predicted molar refractivity (Wildman–Crippen MR) is 74.4 cm³/mol. The van der Waals surface area contributed by atoms with Crippen molar-refractivity contribution >= 4 is 5.91 Å². The number of carbonyl (C=O) groups excluding carboxylic acids is 1. The van der Waals surface area contributed by atoms with Gasteiger partial charge in [0.05, 0.1) is 0 Å². The van der Waals surface area contributed by atoms with E-state index in [9.17, 15) is 9.18 Å². The molecule has 0 aliphatic carbocycles. The lowest BCUT2D eigenvalue weighted by Gasteiger charge is -2.17. The first-order chi connectivity index (χ1) is 9.10. The molecule has 2 nitrogen and oxygen atoms in total. The third-order valence-electron chi connectivity index (χ3n) is 3.78. The van der Waals surface area contributed by atoms with Gasteiger partial charge in [0.15, 0.2) is 0 Å². The van der Waals surface area contributed by atoms with Crippen molar-refractivity contribution in [2.75, 3.05) is 13.1 Å². The van der Waals surface area contributed by atoms with E-state index in [1.807, 2.05) is 30.9 Å². The maximum absolute atomic E-state index is 13.2. The number of amides is 1. The highest BCUT2D eigenvalue weighted by Crippen LogP contribution is 2.28. The SMILES string of the molecule is C/C=C(\C)CC(=O)N1CCC(c2cccc(F)c2)C1. The van der Waals surface area contributed by atoms with Crippen LogP contribution in [-0.4, -0.2) is 23.9 Å². The van der Waals surface area contributed by atoms with E-state index in [2.05, 4.69) is 0 Å². The largest absolute Gasteiger partial charge is 0.342 e. The second kappa shape index (κ2) is 6.00. The fraction of sp³-hybridized carbons (Fsp3) is 0.438. The zero-order valence-electron chi connectivity index (χ0n) is 11.5. The average molecular weight is 261 g/mol. The highest BCUT2D eigenvalue weighted by molar-refractivity contribution is 5.79. The molecule has 3 heteroatoms. The summed E-state index contributed by atoms with van der Waals surface area (Å²) in [5.41, 5.74) is 2.09. The molecule has 1 saturated heterocycles. The Morgan fingerprint density at radius 1 is 1.53 bits per heavy atom. The van der Waals surface area contributed by atoms with E-state index >= 15 is 0 Å². The van der Waals surface area contributed by atoms with Gasteiger partial charge in [0.2, 0.25) is 5.91 Å². The summed E-state index contributed by atoms with van der Waals surface area (Å²) < 4.78 is 13.2. The molecule has 1 unspecified atom stereocenters. The van der Waals surface area contributed by atoms with Crippen LogP contribution in [0.25, 0.3) is 0 Å². The third kappa shape index (κ3) is 3.43. The van der Waals surface area contributed by atoms with E-state index in [-0.39, 0.29) is 17.6 Å². The van der Waals surface area contributed by atoms with Gasteiger partial charge in [-0.3, -0.25) is 4.79 Å². The monoisotopic (exact) mass is 261 g/mol. The lowest BCUT2D eigenvalue weighted by molar-refractivity contribution is -0.129. The molecule has 1 fully saturated rings. The molecule has 19 heavy (non-hydrogen) atoms. The molecule has 102 valence electrons. The van der Waals surface area contributed by atoms with Crippen molar-refractivity contribution in [2.45, 2.75) is 32.6 Å². The molecular weight excluding hydrogens is 241 g/mol. The molecule has 0 N–H and O–H groups in total. The quantitative estimate of drug-likeness (QED) is 0.763. The number of halogens is 1. The van der Waals surface area contributed by atoms with E-state index < -0.39 is 0 Å². The fourth-order valence-corrected chi connectivity index (χ4v) is 2.47. The van der Waals surface area contributed by atoms with Gasteiger partial charge in [-0.2, -0.15) is 0 Å². The smallest absolute Gasteiger partial charge is 0.226 e. The molecule has 0 radical (unpaired) electrons. The van der Waals surface area contributed by atoms with E-state index in [4.69, 9.17) is 0 Å². The Morgan fingerprint density at radius 3 is 3.00 bits per heavy atom. The summed E-state index contributed by atoms with van der Waals surface area (Å²) in [6.07, 6.45) is 3.38. The van der Waals surface area contributed by atoms with Crippen LogP contribution in [0.4, 0.5) is 4.39 Å². The standard InChI is InChI=1S/C16H20FNO/c1-3-12(2)9-16(19)18-8-7-14(11-18)13-5-4-6-15(17)10-13/h3-6,10,14H,7-9,11H2,1-2H3/b12-3+. The summed E-state index contributed by atoms with van der Waals surface area (Å²) in [6.45, 7) is 5.40. The summed E-state index contributed by atoms with van der Waals surface area (Å²) >= 11 is 0. The maximum atomic E-state index is 13.2. The summed E-state index contributed by atoms with van der Waals surface area (Å²) in [7, 11) is 0. The van der Waals surface area contributed by atoms with Crippen molar-refractivity contribution in [3.05, 3.63) is 47.3 Å². The van der Waals surface area contributed by atoms with Crippen LogP contribution < -0.4 is 0 Å². The van der Waals surface area contributed by atoms with Crippen molar-refractivity contribution in [3.8, 4) is 0 Å². The Morgan fingerprint density at radius 2 is 2.32 bits per heavy atom. The number of allylic oxidation sites excluding steroid dienone is 1. The normalized spacial score (nSPS) is 19.8. The first-order valence-electron chi connectivity index (χ1n) is 6.75. The molecule has 2 rings (SSSR count). The second-order valence-corrected chi connectivity index (χ2v) is 5.19. The topological polar surface area (TPSA) is 20.3 Å². The Hall–Kier alpha value is -1.64. The fourth-order valence-electron chi connectivity index (χ4n) is 2.47. The second-order valence-electron chi connectivity index (χ2n) is 5.19. The highest BCUT2D eigenvalue weighted by atomic mass is 19.1. The predicted octanol–water partition coefficient (Wildman–Crippen LogP) is 3.50. The van der Waals surface area contributed by atoms with Crippen LogP contribution >= 0.6 is 0 Å². The molecule has 1 amide bonds. The van der Waals surface area contributed by atoms with Gasteiger partial charge in [-0.1, -0.05) is 23.8 Å². The van der Waals surface area contributed by atoms with Crippen LogP contribution in [0.2, 0.25) is 0 Å². The van der Waals surface area contributed by atoms with Crippen LogP contribution in [0, 0.1) is 5.82 Å². The first kappa shape index (κ1) is 13.8.